The van der Waals surface area contributed by atoms with Crippen LogP contribution in [0.1, 0.15) is 62.8 Å². The topological polar surface area (TPSA) is 57.7 Å². The van der Waals surface area contributed by atoms with E-state index in [1.807, 2.05) is 17.0 Å². The Labute approximate surface area is 158 Å². The number of benzene rings is 2. The monoisotopic (exact) mass is 362 g/mol. The molecule has 27 heavy (non-hydrogen) atoms. The first-order chi connectivity index (χ1) is 13.1. The van der Waals surface area contributed by atoms with E-state index in [1.165, 1.54) is 4.90 Å². The predicted octanol–water partition coefficient (Wildman–Crippen LogP) is 3.50. The molecule has 5 heteroatoms. The number of hydrogen-bond acceptors (Lipinski definition) is 3. The summed E-state index contributed by atoms with van der Waals surface area (Å²) in [6, 6.07) is 14.4. The van der Waals surface area contributed by atoms with E-state index in [1.54, 1.807) is 36.4 Å². The molecular formula is C22H22N2O3. The minimum absolute atomic E-state index is 0.0198. The van der Waals surface area contributed by atoms with E-state index in [0.29, 0.717) is 16.7 Å². The molecule has 2 aromatic carbocycles. The van der Waals surface area contributed by atoms with Gasteiger partial charge >= 0.3 is 0 Å². The number of carbonyl (C=O) groups is 3. The second-order valence-electron chi connectivity index (χ2n) is 7.29. The third-order valence-corrected chi connectivity index (χ3v) is 5.46. The molecule has 1 saturated heterocycles. The molecule has 0 spiro atoms. The molecule has 0 unspecified atom stereocenters. The molecule has 1 atom stereocenters. The maximum atomic E-state index is 12.9. The Balaban J connectivity index is 1.55. The van der Waals surface area contributed by atoms with Crippen molar-refractivity contribution in [2.45, 2.75) is 38.8 Å². The molecule has 4 rings (SSSR count). The van der Waals surface area contributed by atoms with Crippen molar-refractivity contribution in [1.29, 1.82) is 0 Å². The van der Waals surface area contributed by atoms with E-state index in [2.05, 4.69) is 6.92 Å². The van der Waals surface area contributed by atoms with Crippen LogP contribution in [0, 0.1) is 0 Å². The molecule has 2 aliphatic rings. The van der Waals surface area contributed by atoms with E-state index in [4.69, 9.17) is 0 Å². The number of piperidine rings is 1. The van der Waals surface area contributed by atoms with Gasteiger partial charge in [-0.05, 0) is 56.0 Å². The van der Waals surface area contributed by atoms with E-state index in [-0.39, 0.29) is 30.3 Å². The molecule has 2 aromatic rings. The normalized spacial score (nSPS) is 19.4. The van der Waals surface area contributed by atoms with Crippen LogP contribution in [-0.4, -0.2) is 40.1 Å². The van der Waals surface area contributed by atoms with Crippen molar-refractivity contribution in [3.8, 4) is 0 Å². The molecule has 138 valence electrons. The summed E-state index contributed by atoms with van der Waals surface area (Å²) in [7, 11) is 0. The number of likely N-dealkylation sites (tertiary alicyclic amines) is 1. The molecule has 0 aliphatic carbocycles. The van der Waals surface area contributed by atoms with Crippen molar-refractivity contribution in [3.05, 3.63) is 70.8 Å². The van der Waals surface area contributed by atoms with Gasteiger partial charge in [-0.3, -0.25) is 19.3 Å². The fourth-order valence-corrected chi connectivity index (χ4v) is 3.93. The first kappa shape index (κ1) is 17.5. The van der Waals surface area contributed by atoms with Crippen molar-refractivity contribution in [2.75, 3.05) is 6.54 Å². The van der Waals surface area contributed by atoms with Crippen LogP contribution >= 0.6 is 0 Å². The third-order valence-electron chi connectivity index (χ3n) is 5.46. The average Bonchev–Trinajstić information content (AvgIpc) is 2.93. The third kappa shape index (κ3) is 3.14. The number of hydrogen-bond donors (Lipinski definition) is 0. The van der Waals surface area contributed by atoms with Crippen LogP contribution in [0.15, 0.2) is 48.5 Å². The van der Waals surface area contributed by atoms with Crippen molar-refractivity contribution in [1.82, 2.24) is 9.80 Å². The lowest BCUT2D eigenvalue weighted by Gasteiger charge is -2.33. The minimum atomic E-state index is -0.281. The van der Waals surface area contributed by atoms with Gasteiger partial charge < -0.3 is 4.90 Å². The fourth-order valence-electron chi connectivity index (χ4n) is 3.93. The van der Waals surface area contributed by atoms with Crippen molar-refractivity contribution >= 4 is 17.7 Å². The van der Waals surface area contributed by atoms with Gasteiger partial charge in [0, 0.05) is 18.2 Å². The van der Waals surface area contributed by atoms with E-state index < -0.39 is 0 Å². The van der Waals surface area contributed by atoms with Crippen molar-refractivity contribution < 1.29 is 14.4 Å². The van der Waals surface area contributed by atoms with Gasteiger partial charge in [0.05, 0.1) is 17.7 Å². The van der Waals surface area contributed by atoms with E-state index in [9.17, 15) is 14.4 Å². The minimum Gasteiger partial charge on any atom is -0.336 e. The maximum Gasteiger partial charge on any atom is 0.261 e. The van der Waals surface area contributed by atoms with Crippen LogP contribution in [-0.2, 0) is 6.54 Å². The molecule has 2 heterocycles. The van der Waals surface area contributed by atoms with Crippen molar-refractivity contribution in [3.63, 3.8) is 0 Å². The lowest BCUT2D eigenvalue weighted by atomic mass is 10.0. The summed E-state index contributed by atoms with van der Waals surface area (Å²) in [5.74, 6) is -0.541. The number of amides is 3. The van der Waals surface area contributed by atoms with Crippen LogP contribution in [0.4, 0.5) is 0 Å². The Kier molecular flexibility index (Phi) is 4.52. The highest BCUT2D eigenvalue weighted by molar-refractivity contribution is 6.21. The van der Waals surface area contributed by atoms with Gasteiger partial charge in [-0.2, -0.15) is 0 Å². The van der Waals surface area contributed by atoms with Gasteiger partial charge in [0.15, 0.2) is 0 Å². The number of fused-ring (bicyclic) bond motifs is 1. The van der Waals surface area contributed by atoms with Gasteiger partial charge in [-0.1, -0.05) is 24.3 Å². The summed E-state index contributed by atoms with van der Waals surface area (Å²) in [5, 5.41) is 0. The Bertz CT molecular complexity index is 886. The SMILES string of the molecule is C[C@@H]1CCCCN1C(=O)c1cccc(CN2C(=O)c3ccccc3C2=O)c1. The molecule has 0 N–H and O–H groups in total. The summed E-state index contributed by atoms with van der Waals surface area (Å²) >= 11 is 0. The van der Waals surface area contributed by atoms with Crippen molar-refractivity contribution in [2.24, 2.45) is 0 Å². The highest BCUT2D eigenvalue weighted by atomic mass is 16.2. The number of nitrogens with zero attached hydrogens (tertiary/aromatic N) is 2. The highest BCUT2D eigenvalue weighted by Crippen LogP contribution is 2.25. The Hall–Kier alpha value is -2.95. The first-order valence-corrected chi connectivity index (χ1v) is 9.41. The van der Waals surface area contributed by atoms with Gasteiger partial charge in [0.1, 0.15) is 0 Å². The molecule has 3 amide bonds. The molecule has 5 nitrogen and oxygen atoms in total. The summed E-state index contributed by atoms with van der Waals surface area (Å²) in [6.07, 6.45) is 3.22. The summed E-state index contributed by atoms with van der Waals surface area (Å²) in [6.45, 7) is 3.03. The number of carbonyl (C=O) groups excluding carboxylic acids is 3. The lowest BCUT2D eigenvalue weighted by Crippen LogP contribution is -2.42. The molecule has 0 bridgehead atoms. The van der Waals surface area contributed by atoms with Gasteiger partial charge in [-0.15, -0.1) is 0 Å². The number of imide groups is 1. The zero-order valence-electron chi connectivity index (χ0n) is 15.4. The lowest BCUT2D eigenvalue weighted by molar-refractivity contribution is 0.0632. The van der Waals surface area contributed by atoms with E-state index in [0.717, 1.165) is 31.4 Å². The fraction of sp³-hybridized carbons (Fsp3) is 0.318. The Morgan fingerprint density at radius 1 is 1.00 bits per heavy atom. The molecule has 1 fully saturated rings. The van der Waals surface area contributed by atoms with Crippen LogP contribution in [0.2, 0.25) is 0 Å². The second-order valence-corrected chi connectivity index (χ2v) is 7.29. The molecule has 0 saturated carbocycles. The van der Waals surface area contributed by atoms with Crippen LogP contribution in [0.5, 0.6) is 0 Å². The summed E-state index contributed by atoms with van der Waals surface area (Å²) < 4.78 is 0. The molecule has 0 radical (unpaired) electrons. The molecular weight excluding hydrogens is 340 g/mol. The quantitative estimate of drug-likeness (QED) is 0.785. The van der Waals surface area contributed by atoms with Gasteiger partial charge in [0.25, 0.3) is 17.7 Å². The first-order valence-electron chi connectivity index (χ1n) is 9.41. The number of rotatable bonds is 3. The predicted molar refractivity (Wildman–Crippen MR) is 101 cm³/mol. The zero-order valence-corrected chi connectivity index (χ0v) is 15.4. The Morgan fingerprint density at radius 3 is 2.37 bits per heavy atom. The summed E-state index contributed by atoms with van der Waals surface area (Å²) in [5.41, 5.74) is 2.27. The smallest absolute Gasteiger partial charge is 0.261 e. The van der Waals surface area contributed by atoms with Gasteiger partial charge in [-0.25, -0.2) is 0 Å². The molecule has 0 aromatic heterocycles. The average molecular weight is 362 g/mol. The van der Waals surface area contributed by atoms with Gasteiger partial charge in [0.2, 0.25) is 0 Å². The second kappa shape index (κ2) is 6.99. The van der Waals surface area contributed by atoms with Crippen LogP contribution < -0.4 is 0 Å². The molecule has 2 aliphatic heterocycles. The van der Waals surface area contributed by atoms with Crippen LogP contribution in [0.3, 0.4) is 0 Å². The maximum absolute atomic E-state index is 12.9. The van der Waals surface area contributed by atoms with Crippen LogP contribution in [0.25, 0.3) is 0 Å². The highest BCUT2D eigenvalue weighted by Gasteiger charge is 2.35. The zero-order chi connectivity index (χ0) is 19.0. The standard InChI is InChI=1S/C22H22N2O3/c1-15-7-4-5-12-23(15)20(25)17-9-6-8-16(13-17)14-24-21(26)18-10-2-3-11-19(18)22(24)27/h2-3,6,8-11,13,15H,4-5,7,12,14H2,1H3/t15-/m1/s1. The van der Waals surface area contributed by atoms with E-state index >= 15 is 0 Å². The summed E-state index contributed by atoms with van der Waals surface area (Å²) in [4.78, 5) is 41.2. The Morgan fingerprint density at radius 2 is 1.70 bits per heavy atom. The largest absolute Gasteiger partial charge is 0.336 e.